The summed E-state index contributed by atoms with van der Waals surface area (Å²) in [6.45, 7) is 10.1. The molecule has 0 saturated carbocycles. The van der Waals surface area contributed by atoms with Crippen LogP contribution in [0.5, 0.6) is 0 Å². The number of nitrogens with one attached hydrogen (secondary N) is 2. The molecule has 3 unspecified atom stereocenters. The Morgan fingerprint density at radius 2 is 1.80 bits per heavy atom. The van der Waals surface area contributed by atoms with Gasteiger partial charge in [0.2, 0.25) is 11.8 Å². The molecule has 0 aliphatic rings. The predicted molar refractivity (Wildman–Crippen MR) is 122 cm³/mol. The highest BCUT2D eigenvalue weighted by molar-refractivity contribution is 8.02. The molecule has 0 fully saturated rings. The van der Waals surface area contributed by atoms with Gasteiger partial charge in [0, 0.05) is 24.7 Å². The first-order chi connectivity index (χ1) is 14.2. The van der Waals surface area contributed by atoms with Crippen molar-refractivity contribution in [1.82, 2.24) is 15.6 Å². The quantitative estimate of drug-likeness (QED) is 0.377. The third-order valence-electron chi connectivity index (χ3n) is 4.08. The monoisotopic (exact) mass is 473 g/mol. The minimum atomic E-state index is -0.668. The van der Waals surface area contributed by atoms with E-state index < -0.39 is 17.7 Å². The Bertz CT molecular complexity index is 877. The van der Waals surface area contributed by atoms with Crippen molar-refractivity contribution < 1.29 is 19.1 Å². The van der Waals surface area contributed by atoms with Crippen molar-refractivity contribution in [3.05, 3.63) is 22.7 Å². The SMILES string of the molecule is CCOC(C)NC(=O)CC(Sc1nc2c(C)cc(Cl)cc2s1)C(=O)NC(C)OCC. The van der Waals surface area contributed by atoms with E-state index in [0.29, 0.717) is 22.6 Å². The van der Waals surface area contributed by atoms with E-state index in [9.17, 15) is 9.59 Å². The number of thioether (sulfide) groups is 1. The smallest absolute Gasteiger partial charge is 0.236 e. The van der Waals surface area contributed by atoms with E-state index in [1.54, 1.807) is 13.8 Å². The van der Waals surface area contributed by atoms with E-state index in [2.05, 4.69) is 15.6 Å². The molecule has 1 heterocycles. The molecule has 1 aromatic heterocycles. The van der Waals surface area contributed by atoms with Crippen LogP contribution in [0.4, 0.5) is 0 Å². The normalized spacial score (nSPS) is 14.3. The number of benzene rings is 1. The van der Waals surface area contributed by atoms with Gasteiger partial charge in [0.05, 0.1) is 15.5 Å². The lowest BCUT2D eigenvalue weighted by atomic mass is 10.2. The topological polar surface area (TPSA) is 89.5 Å². The Morgan fingerprint density at radius 1 is 1.17 bits per heavy atom. The fourth-order valence-corrected chi connectivity index (χ4v) is 5.58. The molecule has 1 aromatic carbocycles. The van der Waals surface area contributed by atoms with Gasteiger partial charge in [0.25, 0.3) is 0 Å². The summed E-state index contributed by atoms with van der Waals surface area (Å²) in [5.74, 6) is -0.554. The van der Waals surface area contributed by atoms with Crippen LogP contribution in [-0.2, 0) is 19.1 Å². The standard InChI is InChI=1S/C20H28ClN3O4S2/c1-6-27-12(4)22-17(25)10-16(19(26)23-13(5)28-7-2)30-20-24-18-11(3)8-14(21)9-15(18)29-20/h8-9,12-13,16H,6-7,10H2,1-5H3,(H,22,25)(H,23,26). The Kier molecular flexibility index (Phi) is 9.83. The van der Waals surface area contributed by atoms with E-state index in [-0.39, 0.29) is 18.2 Å². The Balaban J connectivity index is 2.18. The number of aryl methyl sites for hydroxylation is 1. The maximum Gasteiger partial charge on any atom is 0.236 e. The first-order valence-corrected chi connectivity index (χ1v) is 11.9. The molecule has 30 heavy (non-hydrogen) atoms. The summed E-state index contributed by atoms with van der Waals surface area (Å²) in [6.07, 6.45) is -0.888. The number of fused-ring (bicyclic) bond motifs is 1. The van der Waals surface area contributed by atoms with Gasteiger partial charge in [-0.1, -0.05) is 23.4 Å². The van der Waals surface area contributed by atoms with Gasteiger partial charge in [-0.3, -0.25) is 9.59 Å². The second-order valence-electron chi connectivity index (χ2n) is 6.63. The molecule has 10 heteroatoms. The van der Waals surface area contributed by atoms with Crippen molar-refractivity contribution in [2.45, 2.75) is 63.1 Å². The molecule has 0 bridgehead atoms. The third-order valence-corrected chi connectivity index (χ3v) is 6.59. The predicted octanol–water partition coefficient (Wildman–Crippen LogP) is 4.11. The second kappa shape index (κ2) is 11.9. The molecule has 0 radical (unpaired) electrons. The number of hydrogen-bond donors (Lipinski definition) is 2. The van der Waals surface area contributed by atoms with Gasteiger partial charge in [-0.2, -0.15) is 0 Å². The first kappa shape index (κ1) is 24.9. The van der Waals surface area contributed by atoms with Crippen LogP contribution in [0.15, 0.2) is 16.5 Å². The Hall–Kier alpha value is -1.39. The van der Waals surface area contributed by atoms with Crippen LogP contribution < -0.4 is 10.6 Å². The van der Waals surface area contributed by atoms with Gasteiger partial charge in [-0.25, -0.2) is 4.98 Å². The zero-order chi connectivity index (χ0) is 22.3. The molecular formula is C20H28ClN3O4S2. The molecule has 0 aliphatic carbocycles. The van der Waals surface area contributed by atoms with Crippen LogP contribution in [0.3, 0.4) is 0 Å². The summed E-state index contributed by atoms with van der Waals surface area (Å²) >= 11 is 8.86. The highest BCUT2D eigenvalue weighted by atomic mass is 35.5. The van der Waals surface area contributed by atoms with Gasteiger partial charge in [-0.05, 0) is 52.3 Å². The van der Waals surface area contributed by atoms with Crippen LogP contribution in [0, 0.1) is 6.92 Å². The van der Waals surface area contributed by atoms with E-state index in [4.69, 9.17) is 21.1 Å². The van der Waals surface area contributed by atoms with Crippen molar-refractivity contribution in [1.29, 1.82) is 0 Å². The van der Waals surface area contributed by atoms with Crippen LogP contribution >= 0.6 is 34.7 Å². The van der Waals surface area contributed by atoms with E-state index >= 15 is 0 Å². The minimum absolute atomic E-state index is 0.0115. The number of carbonyl (C=O) groups is 2. The van der Waals surface area contributed by atoms with Crippen molar-refractivity contribution in [2.24, 2.45) is 0 Å². The van der Waals surface area contributed by atoms with Gasteiger partial charge >= 0.3 is 0 Å². The van der Waals surface area contributed by atoms with E-state index in [1.165, 1.54) is 23.1 Å². The number of ether oxygens (including phenoxy) is 2. The third kappa shape index (κ3) is 7.39. The molecule has 166 valence electrons. The zero-order valence-electron chi connectivity index (χ0n) is 17.8. The molecule has 0 spiro atoms. The molecule has 7 nitrogen and oxygen atoms in total. The number of hydrogen-bond acceptors (Lipinski definition) is 7. The van der Waals surface area contributed by atoms with Crippen LogP contribution in [0.25, 0.3) is 10.2 Å². The Morgan fingerprint density at radius 3 is 2.43 bits per heavy atom. The molecule has 2 rings (SSSR count). The van der Waals surface area contributed by atoms with Gasteiger partial charge < -0.3 is 20.1 Å². The summed E-state index contributed by atoms with van der Waals surface area (Å²) in [5.41, 5.74) is 1.82. The molecule has 2 aromatic rings. The van der Waals surface area contributed by atoms with Crippen molar-refractivity contribution in [3.63, 3.8) is 0 Å². The molecule has 2 amide bonds. The summed E-state index contributed by atoms with van der Waals surface area (Å²) in [7, 11) is 0. The highest BCUT2D eigenvalue weighted by Gasteiger charge is 2.26. The van der Waals surface area contributed by atoms with E-state index in [0.717, 1.165) is 15.8 Å². The fraction of sp³-hybridized carbons (Fsp3) is 0.550. The largest absolute Gasteiger partial charge is 0.359 e. The summed E-state index contributed by atoms with van der Waals surface area (Å²) in [4.78, 5) is 30.0. The molecule has 0 saturated heterocycles. The number of nitrogens with zero attached hydrogens (tertiary/aromatic N) is 1. The minimum Gasteiger partial charge on any atom is -0.359 e. The van der Waals surface area contributed by atoms with Gasteiger partial charge in [0.1, 0.15) is 12.5 Å². The Labute approximate surface area is 190 Å². The van der Waals surface area contributed by atoms with Gasteiger partial charge in [0.15, 0.2) is 4.34 Å². The number of halogens is 1. The van der Waals surface area contributed by atoms with Crippen molar-refractivity contribution >= 4 is 56.7 Å². The lowest BCUT2D eigenvalue weighted by molar-refractivity contribution is -0.130. The summed E-state index contributed by atoms with van der Waals surface area (Å²) in [6, 6.07) is 3.71. The van der Waals surface area contributed by atoms with Crippen molar-refractivity contribution in [2.75, 3.05) is 13.2 Å². The number of amides is 2. The highest BCUT2D eigenvalue weighted by Crippen LogP contribution is 2.36. The second-order valence-corrected chi connectivity index (χ2v) is 9.55. The average Bonchev–Trinajstić information content (AvgIpc) is 3.04. The number of rotatable bonds is 11. The number of aromatic nitrogens is 1. The zero-order valence-corrected chi connectivity index (χ0v) is 20.2. The lowest BCUT2D eigenvalue weighted by Crippen LogP contribution is -2.43. The maximum absolute atomic E-state index is 12.8. The van der Waals surface area contributed by atoms with Crippen LogP contribution in [0.2, 0.25) is 5.02 Å². The lowest BCUT2D eigenvalue weighted by Gasteiger charge is -2.20. The molecular weight excluding hydrogens is 446 g/mol. The first-order valence-electron chi connectivity index (χ1n) is 9.79. The molecule has 2 N–H and O–H groups in total. The van der Waals surface area contributed by atoms with Crippen LogP contribution in [0.1, 0.15) is 39.7 Å². The average molecular weight is 474 g/mol. The summed E-state index contributed by atoms with van der Waals surface area (Å²) in [5, 5.41) is 5.53. The molecule has 0 aliphatic heterocycles. The van der Waals surface area contributed by atoms with Crippen molar-refractivity contribution in [3.8, 4) is 0 Å². The van der Waals surface area contributed by atoms with Gasteiger partial charge in [-0.15, -0.1) is 11.3 Å². The maximum atomic E-state index is 12.8. The van der Waals surface area contributed by atoms with E-state index in [1.807, 2.05) is 32.9 Å². The molecule has 3 atom stereocenters. The fourth-order valence-electron chi connectivity index (χ4n) is 2.82. The van der Waals surface area contributed by atoms with Crippen LogP contribution in [-0.4, -0.2) is 47.7 Å². The number of carbonyl (C=O) groups excluding carboxylic acids is 2. The summed E-state index contributed by atoms with van der Waals surface area (Å²) < 4.78 is 12.4. The number of thiazole rings is 1.